The molecule has 1 amide bonds. The van der Waals surface area contributed by atoms with Crippen LogP contribution in [0, 0.1) is 6.92 Å². The number of carbonyl (C=O) groups excluding carboxylic acids is 1. The quantitative estimate of drug-likeness (QED) is 0.726. The number of nitrogens with one attached hydrogen (secondary N) is 1. The fraction of sp³-hybridized carbons (Fsp3) is 0.105. The summed E-state index contributed by atoms with van der Waals surface area (Å²) < 4.78 is 0. The normalized spacial score (nSPS) is 10.6. The van der Waals surface area contributed by atoms with E-state index >= 15 is 0 Å². The fourth-order valence-electron chi connectivity index (χ4n) is 2.50. The maximum atomic E-state index is 12.2. The standard InChI is InChI=1S/C19H16ClNO/c1-13-10-17(20)8-9-18(13)21-19(22)12-14-6-7-15-4-2-3-5-16(15)11-14/h2-11H,12H2,1H3,(H,21,22). The van der Waals surface area contributed by atoms with Crippen molar-refractivity contribution in [2.24, 2.45) is 0 Å². The van der Waals surface area contributed by atoms with Crippen molar-refractivity contribution in [3.05, 3.63) is 76.8 Å². The van der Waals surface area contributed by atoms with Gasteiger partial charge in [0.15, 0.2) is 0 Å². The monoisotopic (exact) mass is 309 g/mol. The van der Waals surface area contributed by atoms with E-state index in [0.29, 0.717) is 11.4 Å². The van der Waals surface area contributed by atoms with Crippen LogP contribution in [0.3, 0.4) is 0 Å². The number of fused-ring (bicyclic) bond motifs is 1. The lowest BCUT2D eigenvalue weighted by molar-refractivity contribution is -0.115. The Kier molecular flexibility index (Phi) is 4.12. The van der Waals surface area contributed by atoms with E-state index in [-0.39, 0.29) is 5.91 Å². The third-order valence-electron chi connectivity index (χ3n) is 3.64. The Balaban J connectivity index is 1.75. The summed E-state index contributed by atoms with van der Waals surface area (Å²) in [5.41, 5.74) is 2.76. The largest absolute Gasteiger partial charge is 0.326 e. The third kappa shape index (κ3) is 3.29. The number of hydrogen-bond acceptors (Lipinski definition) is 1. The van der Waals surface area contributed by atoms with Gasteiger partial charge in [-0.1, -0.05) is 54.1 Å². The summed E-state index contributed by atoms with van der Waals surface area (Å²) in [6.07, 6.45) is 0.354. The van der Waals surface area contributed by atoms with Gasteiger partial charge in [0.2, 0.25) is 5.91 Å². The van der Waals surface area contributed by atoms with Gasteiger partial charge < -0.3 is 5.32 Å². The van der Waals surface area contributed by atoms with Crippen molar-refractivity contribution in [2.75, 3.05) is 5.32 Å². The van der Waals surface area contributed by atoms with Crippen molar-refractivity contribution < 1.29 is 4.79 Å². The molecule has 0 aliphatic rings. The second-order valence-corrected chi connectivity index (χ2v) is 5.80. The molecule has 0 radical (unpaired) electrons. The van der Waals surface area contributed by atoms with E-state index in [1.54, 1.807) is 6.07 Å². The Labute approximate surface area is 134 Å². The molecular weight excluding hydrogens is 294 g/mol. The highest BCUT2D eigenvalue weighted by atomic mass is 35.5. The number of amides is 1. The minimum absolute atomic E-state index is 0.0271. The highest BCUT2D eigenvalue weighted by molar-refractivity contribution is 6.30. The highest BCUT2D eigenvalue weighted by Gasteiger charge is 2.07. The van der Waals surface area contributed by atoms with E-state index in [2.05, 4.69) is 23.5 Å². The molecule has 3 rings (SSSR count). The van der Waals surface area contributed by atoms with Gasteiger partial charge in [0.1, 0.15) is 0 Å². The van der Waals surface area contributed by atoms with Crippen molar-refractivity contribution in [3.63, 3.8) is 0 Å². The zero-order valence-corrected chi connectivity index (χ0v) is 13.0. The SMILES string of the molecule is Cc1cc(Cl)ccc1NC(=O)Cc1ccc2ccccc2c1. The minimum Gasteiger partial charge on any atom is -0.326 e. The van der Waals surface area contributed by atoms with Crippen LogP contribution in [0.5, 0.6) is 0 Å². The van der Waals surface area contributed by atoms with Crippen LogP contribution in [-0.2, 0) is 11.2 Å². The summed E-state index contributed by atoms with van der Waals surface area (Å²) >= 11 is 5.93. The van der Waals surface area contributed by atoms with E-state index in [0.717, 1.165) is 22.2 Å². The number of hydrogen-bond donors (Lipinski definition) is 1. The van der Waals surface area contributed by atoms with Crippen molar-refractivity contribution in [1.82, 2.24) is 0 Å². The van der Waals surface area contributed by atoms with Gasteiger partial charge in [0, 0.05) is 10.7 Å². The highest BCUT2D eigenvalue weighted by Crippen LogP contribution is 2.20. The molecule has 0 aliphatic heterocycles. The van der Waals surface area contributed by atoms with E-state index in [9.17, 15) is 4.79 Å². The van der Waals surface area contributed by atoms with Gasteiger partial charge in [0.05, 0.1) is 6.42 Å². The molecule has 0 aliphatic carbocycles. The van der Waals surface area contributed by atoms with E-state index in [1.165, 1.54) is 5.39 Å². The van der Waals surface area contributed by atoms with E-state index in [1.807, 2.05) is 43.3 Å². The first-order chi connectivity index (χ1) is 10.6. The molecule has 0 atom stereocenters. The second-order valence-electron chi connectivity index (χ2n) is 5.37. The molecule has 0 spiro atoms. The summed E-state index contributed by atoms with van der Waals surface area (Å²) in [5, 5.41) is 5.94. The van der Waals surface area contributed by atoms with Crippen LogP contribution in [0.4, 0.5) is 5.69 Å². The molecule has 1 N–H and O–H groups in total. The molecule has 0 saturated heterocycles. The van der Waals surface area contributed by atoms with Crippen LogP contribution in [-0.4, -0.2) is 5.91 Å². The molecule has 2 nitrogen and oxygen atoms in total. The zero-order chi connectivity index (χ0) is 15.5. The van der Waals surface area contributed by atoms with Gasteiger partial charge in [-0.25, -0.2) is 0 Å². The van der Waals surface area contributed by atoms with E-state index < -0.39 is 0 Å². The molecule has 3 aromatic carbocycles. The number of rotatable bonds is 3. The molecule has 0 heterocycles. The van der Waals surface area contributed by atoms with Gasteiger partial charge in [-0.2, -0.15) is 0 Å². The van der Waals surface area contributed by atoms with Crippen molar-refractivity contribution in [3.8, 4) is 0 Å². The van der Waals surface area contributed by atoms with Crippen LogP contribution in [0.2, 0.25) is 5.02 Å². The summed E-state index contributed by atoms with van der Waals surface area (Å²) in [5.74, 6) is -0.0271. The van der Waals surface area contributed by atoms with Crippen LogP contribution in [0.15, 0.2) is 60.7 Å². The summed E-state index contributed by atoms with van der Waals surface area (Å²) in [7, 11) is 0. The Bertz CT molecular complexity index is 842. The molecule has 3 aromatic rings. The Morgan fingerprint density at radius 3 is 2.55 bits per heavy atom. The minimum atomic E-state index is -0.0271. The lowest BCUT2D eigenvalue weighted by atomic mass is 10.0. The summed E-state index contributed by atoms with van der Waals surface area (Å²) in [6, 6.07) is 19.7. The van der Waals surface area contributed by atoms with Crippen molar-refractivity contribution >= 4 is 34.0 Å². The topological polar surface area (TPSA) is 29.1 Å². The lowest BCUT2D eigenvalue weighted by Gasteiger charge is -2.09. The molecule has 0 bridgehead atoms. The number of aryl methyl sites for hydroxylation is 1. The average molecular weight is 310 g/mol. The first kappa shape index (κ1) is 14.6. The first-order valence-corrected chi connectivity index (χ1v) is 7.53. The first-order valence-electron chi connectivity index (χ1n) is 7.15. The number of halogens is 1. The molecule has 0 saturated carbocycles. The maximum Gasteiger partial charge on any atom is 0.228 e. The molecule has 3 heteroatoms. The smallest absolute Gasteiger partial charge is 0.228 e. The second kappa shape index (κ2) is 6.20. The summed E-state index contributed by atoms with van der Waals surface area (Å²) in [6.45, 7) is 1.93. The molecule has 22 heavy (non-hydrogen) atoms. The summed E-state index contributed by atoms with van der Waals surface area (Å²) in [4.78, 5) is 12.2. The number of carbonyl (C=O) groups is 1. The fourth-order valence-corrected chi connectivity index (χ4v) is 2.72. The Hall–Kier alpha value is -2.32. The zero-order valence-electron chi connectivity index (χ0n) is 12.3. The van der Waals surface area contributed by atoms with Crippen molar-refractivity contribution in [2.45, 2.75) is 13.3 Å². The van der Waals surface area contributed by atoms with Gasteiger partial charge in [0.25, 0.3) is 0 Å². The average Bonchev–Trinajstić information content (AvgIpc) is 2.50. The molecular formula is C19H16ClNO. The van der Waals surface area contributed by atoms with Crippen molar-refractivity contribution in [1.29, 1.82) is 0 Å². The molecule has 0 aromatic heterocycles. The van der Waals surface area contributed by atoms with Gasteiger partial charge >= 0.3 is 0 Å². The lowest BCUT2D eigenvalue weighted by Crippen LogP contribution is -2.15. The number of benzene rings is 3. The van der Waals surface area contributed by atoms with Gasteiger partial charge in [-0.3, -0.25) is 4.79 Å². The Morgan fingerprint density at radius 2 is 1.77 bits per heavy atom. The molecule has 0 unspecified atom stereocenters. The van der Waals surface area contributed by atoms with E-state index in [4.69, 9.17) is 11.6 Å². The molecule has 110 valence electrons. The molecule has 0 fully saturated rings. The van der Waals surface area contributed by atoms with Gasteiger partial charge in [-0.15, -0.1) is 0 Å². The third-order valence-corrected chi connectivity index (χ3v) is 3.88. The number of anilines is 1. The maximum absolute atomic E-state index is 12.2. The van der Waals surface area contributed by atoms with Crippen LogP contribution >= 0.6 is 11.6 Å². The van der Waals surface area contributed by atoms with Crippen LogP contribution < -0.4 is 5.32 Å². The Morgan fingerprint density at radius 1 is 1.00 bits per heavy atom. The van der Waals surface area contributed by atoms with Crippen LogP contribution in [0.25, 0.3) is 10.8 Å². The van der Waals surface area contributed by atoms with Crippen LogP contribution in [0.1, 0.15) is 11.1 Å². The predicted molar refractivity (Wildman–Crippen MR) is 92.5 cm³/mol. The van der Waals surface area contributed by atoms with Gasteiger partial charge in [-0.05, 0) is 47.0 Å². The predicted octanol–water partition coefficient (Wildman–Crippen LogP) is 4.98.